The van der Waals surface area contributed by atoms with E-state index in [1.165, 1.54) is 11.3 Å². The Morgan fingerprint density at radius 1 is 1.21 bits per heavy atom. The summed E-state index contributed by atoms with van der Waals surface area (Å²) in [4.78, 5) is 15.3. The van der Waals surface area contributed by atoms with Crippen molar-refractivity contribution in [1.82, 2.24) is 10.2 Å². The molecular weight excluding hydrogens is 342 g/mol. The largest absolute Gasteiger partial charge is 0.497 e. The van der Waals surface area contributed by atoms with Crippen LogP contribution in [0.1, 0.15) is 11.8 Å². The number of hydrogen-bond acceptors (Lipinski definition) is 6. The summed E-state index contributed by atoms with van der Waals surface area (Å²) in [6, 6.07) is 11.6. The van der Waals surface area contributed by atoms with Crippen molar-refractivity contribution in [3.05, 3.63) is 46.7 Å². The van der Waals surface area contributed by atoms with E-state index in [9.17, 15) is 4.79 Å². The van der Waals surface area contributed by atoms with E-state index in [4.69, 9.17) is 4.74 Å². The Balaban J connectivity index is 1.77. The average molecular weight is 359 g/mol. The summed E-state index contributed by atoms with van der Waals surface area (Å²) in [7, 11) is 1.64. The second-order valence-electron chi connectivity index (χ2n) is 5.01. The van der Waals surface area contributed by atoms with E-state index in [-0.39, 0.29) is 5.91 Å². The zero-order valence-electron chi connectivity index (χ0n) is 13.4. The number of anilines is 1. The van der Waals surface area contributed by atoms with E-state index < -0.39 is 0 Å². The van der Waals surface area contributed by atoms with Crippen LogP contribution in [-0.2, 0) is 11.2 Å². The zero-order chi connectivity index (χ0) is 16.9. The fourth-order valence-corrected chi connectivity index (χ4v) is 3.88. The fourth-order valence-electron chi connectivity index (χ4n) is 2.25. The third-order valence-electron chi connectivity index (χ3n) is 3.51. The number of rotatable bonds is 6. The number of nitrogens with zero attached hydrogens (tertiary/aromatic N) is 3. The molecule has 0 unspecified atom stereocenters. The van der Waals surface area contributed by atoms with Gasteiger partial charge in [0.1, 0.15) is 10.8 Å². The van der Waals surface area contributed by atoms with E-state index in [1.54, 1.807) is 23.3 Å². The molecule has 0 aliphatic rings. The molecule has 24 heavy (non-hydrogen) atoms. The minimum absolute atomic E-state index is 0.0392. The molecule has 0 aliphatic carbocycles. The Morgan fingerprint density at radius 3 is 2.62 bits per heavy atom. The summed E-state index contributed by atoms with van der Waals surface area (Å²) in [5, 5.41) is 11.8. The van der Waals surface area contributed by atoms with Gasteiger partial charge >= 0.3 is 0 Å². The minimum atomic E-state index is 0.0392. The quantitative estimate of drug-likeness (QED) is 0.670. The van der Waals surface area contributed by atoms with Crippen LogP contribution in [0.15, 0.2) is 41.8 Å². The fraction of sp³-hybridized carbons (Fsp3) is 0.235. The second kappa shape index (κ2) is 7.55. The van der Waals surface area contributed by atoms with Gasteiger partial charge in [0.2, 0.25) is 11.0 Å². The van der Waals surface area contributed by atoms with Crippen LogP contribution < -0.4 is 9.64 Å². The lowest BCUT2D eigenvalue weighted by Crippen LogP contribution is -2.31. The molecule has 2 heterocycles. The van der Waals surface area contributed by atoms with Crippen molar-refractivity contribution >= 4 is 33.7 Å². The van der Waals surface area contributed by atoms with Gasteiger partial charge in [0, 0.05) is 17.0 Å². The number of amides is 1. The molecule has 124 valence electrons. The van der Waals surface area contributed by atoms with Gasteiger partial charge in [-0.25, -0.2) is 0 Å². The van der Waals surface area contributed by atoms with Gasteiger partial charge < -0.3 is 4.74 Å². The maximum atomic E-state index is 12.5. The average Bonchev–Trinajstić information content (AvgIpc) is 3.28. The predicted octanol–water partition coefficient (Wildman–Crippen LogP) is 3.87. The van der Waals surface area contributed by atoms with Gasteiger partial charge in [0.25, 0.3) is 0 Å². The summed E-state index contributed by atoms with van der Waals surface area (Å²) in [6.07, 6.45) is 0.392. The molecule has 1 amide bonds. The number of aromatic nitrogens is 2. The van der Waals surface area contributed by atoms with Crippen molar-refractivity contribution in [2.75, 3.05) is 18.6 Å². The Labute approximate surface area is 148 Å². The van der Waals surface area contributed by atoms with E-state index in [0.29, 0.717) is 18.1 Å². The van der Waals surface area contributed by atoms with Gasteiger partial charge in [-0.2, -0.15) is 0 Å². The number of ether oxygens (including phenoxy) is 1. The van der Waals surface area contributed by atoms with Crippen LogP contribution in [-0.4, -0.2) is 29.8 Å². The molecule has 0 aliphatic heterocycles. The smallest absolute Gasteiger partial charge is 0.234 e. The summed E-state index contributed by atoms with van der Waals surface area (Å²) < 4.78 is 5.16. The molecule has 0 atom stereocenters. The predicted molar refractivity (Wildman–Crippen MR) is 97.9 cm³/mol. The molecule has 0 spiro atoms. The Hall–Kier alpha value is -2.25. The van der Waals surface area contributed by atoms with Crippen LogP contribution in [0.5, 0.6) is 5.75 Å². The van der Waals surface area contributed by atoms with Gasteiger partial charge in [0.15, 0.2) is 0 Å². The van der Waals surface area contributed by atoms with Crippen LogP contribution in [0, 0.1) is 0 Å². The molecule has 3 aromatic rings. The standard InChI is InChI=1S/C17H17N3O2S2/c1-3-20(15(21)11-14-5-4-10-23-14)17-19-18-16(24-17)12-6-8-13(22-2)9-7-12/h4-10H,3,11H2,1-2H3. The number of benzene rings is 1. The number of carbonyl (C=O) groups excluding carboxylic acids is 1. The van der Waals surface area contributed by atoms with Gasteiger partial charge in [-0.15, -0.1) is 21.5 Å². The summed E-state index contributed by atoms with van der Waals surface area (Å²) in [5.74, 6) is 0.835. The molecule has 0 N–H and O–H groups in total. The number of hydrogen-bond donors (Lipinski definition) is 0. The van der Waals surface area contributed by atoms with Crippen molar-refractivity contribution in [2.45, 2.75) is 13.3 Å². The number of methoxy groups -OCH3 is 1. The summed E-state index contributed by atoms with van der Waals surface area (Å²) in [5.41, 5.74) is 0.960. The maximum Gasteiger partial charge on any atom is 0.234 e. The highest BCUT2D eigenvalue weighted by molar-refractivity contribution is 7.18. The van der Waals surface area contributed by atoms with Crippen molar-refractivity contribution in [2.24, 2.45) is 0 Å². The third-order valence-corrected chi connectivity index (χ3v) is 5.38. The first-order chi connectivity index (χ1) is 11.7. The third kappa shape index (κ3) is 3.63. The van der Waals surface area contributed by atoms with Crippen LogP contribution in [0.25, 0.3) is 10.6 Å². The first-order valence-corrected chi connectivity index (χ1v) is 9.21. The molecule has 0 bridgehead atoms. The minimum Gasteiger partial charge on any atom is -0.497 e. The van der Waals surface area contributed by atoms with Crippen LogP contribution in [0.2, 0.25) is 0 Å². The Bertz CT molecular complexity index is 798. The molecule has 0 saturated carbocycles. The van der Waals surface area contributed by atoms with Crippen LogP contribution in [0.4, 0.5) is 5.13 Å². The normalized spacial score (nSPS) is 10.6. The SMILES string of the molecule is CCN(C(=O)Cc1cccs1)c1nnc(-c2ccc(OC)cc2)s1. The van der Waals surface area contributed by atoms with Gasteiger partial charge in [-0.05, 0) is 42.6 Å². The molecule has 3 rings (SSSR count). The highest BCUT2D eigenvalue weighted by atomic mass is 32.1. The molecule has 0 radical (unpaired) electrons. The highest BCUT2D eigenvalue weighted by Crippen LogP contribution is 2.30. The van der Waals surface area contributed by atoms with Gasteiger partial charge in [-0.1, -0.05) is 17.4 Å². The van der Waals surface area contributed by atoms with Gasteiger partial charge in [0.05, 0.1) is 13.5 Å². The molecular formula is C17H17N3O2S2. The zero-order valence-corrected chi connectivity index (χ0v) is 15.1. The Kier molecular flexibility index (Phi) is 5.22. The monoisotopic (exact) mass is 359 g/mol. The topological polar surface area (TPSA) is 55.3 Å². The van der Waals surface area contributed by atoms with E-state index >= 15 is 0 Å². The summed E-state index contributed by atoms with van der Waals surface area (Å²) >= 11 is 3.01. The first-order valence-electron chi connectivity index (χ1n) is 7.52. The number of likely N-dealkylation sites (N-methyl/N-ethyl adjacent to an activating group) is 1. The van der Waals surface area contributed by atoms with E-state index in [2.05, 4.69) is 10.2 Å². The molecule has 1 aromatic carbocycles. The Morgan fingerprint density at radius 2 is 2.00 bits per heavy atom. The lowest BCUT2D eigenvalue weighted by atomic mass is 10.2. The number of carbonyl (C=O) groups is 1. The molecule has 0 fully saturated rings. The van der Waals surface area contributed by atoms with Crippen LogP contribution >= 0.6 is 22.7 Å². The van der Waals surface area contributed by atoms with Crippen molar-refractivity contribution in [3.8, 4) is 16.3 Å². The second-order valence-corrected chi connectivity index (χ2v) is 7.00. The van der Waals surface area contributed by atoms with E-state index in [1.807, 2.05) is 48.7 Å². The van der Waals surface area contributed by atoms with Crippen LogP contribution in [0.3, 0.4) is 0 Å². The maximum absolute atomic E-state index is 12.5. The molecule has 7 heteroatoms. The van der Waals surface area contributed by atoms with Crippen molar-refractivity contribution in [3.63, 3.8) is 0 Å². The van der Waals surface area contributed by atoms with Crippen molar-refractivity contribution in [1.29, 1.82) is 0 Å². The van der Waals surface area contributed by atoms with E-state index in [0.717, 1.165) is 21.2 Å². The molecule has 5 nitrogen and oxygen atoms in total. The first kappa shape index (κ1) is 16.6. The lowest BCUT2D eigenvalue weighted by molar-refractivity contribution is -0.117. The molecule has 0 saturated heterocycles. The van der Waals surface area contributed by atoms with Gasteiger partial charge in [-0.3, -0.25) is 9.69 Å². The van der Waals surface area contributed by atoms with Crippen molar-refractivity contribution < 1.29 is 9.53 Å². The highest BCUT2D eigenvalue weighted by Gasteiger charge is 2.19. The number of thiophene rings is 1. The molecule has 2 aromatic heterocycles. The summed E-state index contributed by atoms with van der Waals surface area (Å²) in [6.45, 7) is 2.52. The lowest BCUT2D eigenvalue weighted by Gasteiger charge is -2.16.